The number of rotatable bonds is 0. The Morgan fingerprint density at radius 2 is 1.58 bits per heavy atom. The highest BCUT2D eigenvalue weighted by Gasteiger charge is 2.44. The van der Waals surface area contributed by atoms with Gasteiger partial charge in [0.05, 0.1) is 5.56 Å². The van der Waals surface area contributed by atoms with Gasteiger partial charge in [-0.2, -0.15) is 13.2 Å². The van der Waals surface area contributed by atoms with E-state index < -0.39 is 17.2 Å². The van der Waals surface area contributed by atoms with Crippen LogP contribution >= 0.6 is 11.8 Å². The average molecular weight is 348 g/mol. The molecule has 4 rings (SSSR count). The largest absolute Gasteiger partial charge is 0.416 e. The van der Waals surface area contributed by atoms with Crippen molar-refractivity contribution in [1.29, 1.82) is 0 Å². The number of hydrogen-bond acceptors (Lipinski definition) is 2. The van der Waals surface area contributed by atoms with Crippen molar-refractivity contribution < 1.29 is 18.0 Å². The molecule has 1 spiro atoms. The molecule has 5 heteroatoms. The van der Waals surface area contributed by atoms with Gasteiger partial charge in [-0.25, -0.2) is 0 Å². The number of hydrogen-bond donors (Lipinski definition) is 0. The molecule has 0 amide bonds. The maximum absolute atomic E-state index is 13.2. The number of carbonyl (C=O) groups is 1. The predicted molar refractivity (Wildman–Crippen MR) is 86.3 cm³/mol. The second-order valence-electron chi connectivity index (χ2n) is 6.43. The second kappa shape index (κ2) is 5.38. The van der Waals surface area contributed by atoms with E-state index in [4.69, 9.17) is 0 Å². The molecule has 0 N–H and O–H groups in total. The zero-order valence-corrected chi connectivity index (χ0v) is 13.6. The lowest BCUT2D eigenvalue weighted by molar-refractivity contribution is -0.137. The number of fused-ring (bicyclic) bond motifs is 4. The summed E-state index contributed by atoms with van der Waals surface area (Å²) in [7, 11) is 0. The van der Waals surface area contributed by atoms with E-state index in [1.807, 2.05) is 24.3 Å². The summed E-state index contributed by atoms with van der Waals surface area (Å²) in [6.45, 7) is 0. The minimum atomic E-state index is -4.36. The fourth-order valence-corrected chi connectivity index (χ4v) is 5.14. The lowest BCUT2D eigenvalue weighted by Gasteiger charge is -2.43. The van der Waals surface area contributed by atoms with Crippen molar-refractivity contribution >= 4 is 17.5 Å². The van der Waals surface area contributed by atoms with E-state index in [9.17, 15) is 18.0 Å². The summed E-state index contributed by atoms with van der Waals surface area (Å²) in [5, 5.41) is 0. The summed E-state index contributed by atoms with van der Waals surface area (Å²) in [6.07, 6.45) is -2.35. The molecule has 0 atom stereocenters. The van der Waals surface area contributed by atoms with Gasteiger partial charge in [-0.15, -0.1) is 0 Å². The maximum atomic E-state index is 13.2. The smallest absolute Gasteiger partial charge is 0.300 e. The van der Waals surface area contributed by atoms with Crippen molar-refractivity contribution in [2.75, 3.05) is 0 Å². The molecule has 2 aromatic carbocycles. The van der Waals surface area contributed by atoms with Crippen LogP contribution in [-0.4, -0.2) is 5.78 Å². The Morgan fingerprint density at radius 3 is 2.29 bits per heavy atom. The van der Waals surface area contributed by atoms with E-state index >= 15 is 0 Å². The van der Waals surface area contributed by atoms with Crippen LogP contribution in [0.1, 0.15) is 42.4 Å². The highest BCUT2D eigenvalue weighted by atomic mass is 32.2. The Kier molecular flexibility index (Phi) is 3.53. The number of halogens is 3. The third-order valence-corrected chi connectivity index (χ3v) is 6.26. The van der Waals surface area contributed by atoms with Gasteiger partial charge < -0.3 is 0 Å². The number of ketones is 1. The summed E-state index contributed by atoms with van der Waals surface area (Å²) in [6, 6.07) is 11.9. The van der Waals surface area contributed by atoms with Crippen molar-refractivity contribution in [3.63, 3.8) is 0 Å². The zero-order chi connectivity index (χ0) is 16.9. The van der Waals surface area contributed by atoms with Gasteiger partial charge in [0.25, 0.3) is 0 Å². The maximum Gasteiger partial charge on any atom is 0.416 e. The molecule has 1 nitrogen and oxygen atoms in total. The molecule has 1 aliphatic heterocycles. The van der Waals surface area contributed by atoms with E-state index in [1.54, 1.807) is 6.07 Å². The van der Waals surface area contributed by atoms with E-state index in [2.05, 4.69) is 0 Å². The number of Topliss-reactive ketones (excluding diaryl/α,β-unsaturated/α-hetero) is 1. The Morgan fingerprint density at radius 1 is 0.917 bits per heavy atom. The standard InChI is InChI=1S/C19H15F3OS/c20-19(21,22)12-5-6-17-15(11-12)18(9-7-13(23)8-10-18)14-3-1-2-4-16(14)24-17/h1-6,11H,7-10H2. The average Bonchev–Trinajstić information content (AvgIpc) is 2.56. The first-order chi connectivity index (χ1) is 11.4. The van der Waals surface area contributed by atoms with Crippen molar-refractivity contribution in [2.45, 2.75) is 47.1 Å². The first kappa shape index (κ1) is 15.8. The highest BCUT2D eigenvalue weighted by Crippen LogP contribution is 2.55. The van der Waals surface area contributed by atoms with Gasteiger partial charge in [-0.3, -0.25) is 4.79 Å². The van der Waals surface area contributed by atoms with E-state index in [0.717, 1.165) is 27.0 Å². The van der Waals surface area contributed by atoms with Gasteiger partial charge in [0, 0.05) is 28.0 Å². The van der Waals surface area contributed by atoms with Crippen LogP contribution in [0.25, 0.3) is 0 Å². The fourth-order valence-electron chi connectivity index (χ4n) is 3.88. The molecule has 124 valence electrons. The van der Waals surface area contributed by atoms with Gasteiger partial charge in [-0.05, 0) is 48.2 Å². The third-order valence-electron chi connectivity index (χ3n) is 5.11. The van der Waals surface area contributed by atoms with Crippen LogP contribution < -0.4 is 0 Å². The van der Waals surface area contributed by atoms with Gasteiger partial charge in [0.1, 0.15) is 5.78 Å². The number of benzene rings is 2. The van der Waals surface area contributed by atoms with Crippen LogP contribution in [-0.2, 0) is 16.4 Å². The van der Waals surface area contributed by atoms with Gasteiger partial charge in [-0.1, -0.05) is 30.0 Å². The molecule has 1 saturated carbocycles. The van der Waals surface area contributed by atoms with E-state index in [-0.39, 0.29) is 5.78 Å². The predicted octanol–water partition coefficient (Wildman–Crippen LogP) is 5.60. The molecule has 2 aliphatic rings. The molecule has 0 unspecified atom stereocenters. The van der Waals surface area contributed by atoms with Crippen LogP contribution in [0.15, 0.2) is 52.3 Å². The van der Waals surface area contributed by atoms with Gasteiger partial charge >= 0.3 is 6.18 Å². The first-order valence-electron chi connectivity index (χ1n) is 7.91. The summed E-state index contributed by atoms with van der Waals surface area (Å²) < 4.78 is 39.6. The van der Waals surface area contributed by atoms with Crippen LogP contribution in [0.4, 0.5) is 13.2 Å². The molecule has 24 heavy (non-hydrogen) atoms. The fraction of sp³-hybridized carbons (Fsp3) is 0.316. The normalized spacial score (nSPS) is 19.0. The molecular weight excluding hydrogens is 333 g/mol. The minimum Gasteiger partial charge on any atom is -0.300 e. The topological polar surface area (TPSA) is 17.1 Å². The van der Waals surface area contributed by atoms with E-state index in [1.165, 1.54) is 17.8 Å². The van der Waals surface area contributed by atoms with Crippen LogP contribution in [0, 0.1) is 0 Å². The zero-order valence-electron chi connectivity index (χ0n) is 12.8. The minimum absolute atomic E-state index is 0.199. The summed E-state index contributed by atoms with van der Waals surface area (Å²) in [5.74, 6) is 0.199. The van der Waals surface area contributed by atoms with E-state index in [0.29, 0.717) is 25.7 Å². The second-order valence-corrected chi connectivity index (χ2v) is 7.51. The van der Waals surface area contributed by atoms with Crippen molar-refractivity contribution in [3.8, 4) is 0 Å². The molecule has 1 heterocycles. The quantitative estimate of drug-likeness (QED) is 0.616. The Bertz CT molecular complexity index is 816. The summed E-state index contributed by atoms with van der Waals surface area (Å²) in [5.41, 5.74) is 0.701. The Labute approximate surface area is 142 Å². The summed E-state index contributed by atoms with van der Waals surface area (Å²) in [4.78, 5) is 13.7. The van der Waals surface area contributed by atoms with Crippen LogP contribution in [0.3, 0.4) is 0 Å². The molecule has 0 radical (unpaired) electrons. The Hall–Kier alpha value is -1.75. The Balaban J connectivity index is 1.93. The first-order valence-corrected chi connectivity index (χ1v) is 8.73. The van der Waals surface area contributed by atoms with Crippen LogP contribution in [0.5, 0.6) is 0 Å². The molecule has 0 saturated heterocycles. The van der Waals surface area contributed by atoms with Crippen LogP contribution in [0.2, 0.25) is 0 Å². The SMILES string of the molecule is O=C1CCC2(CC1)c1ccccc1Sc1ccc(C(F)(F)F)cc12. The van der Waals surface area contributed by atoms with Crippen molar-refractivity contribution in [3.05, 3.63) is 59.2 Å². The van der Waals surface area contributed by atoms with Crippen molar-refractivity contribution in [1.82, 2.24) is 0 Å². The number of alkyl halides is 3. The summed E-state index contributed by atoms with van der Waals surface area (Å²) >= 11 is 1.52. The lowest BCUT2D eigenvalue weighted by Crippen LogP contribution is -2.36. The van der Waals surface area contributed by atoms with Crippen molar-refractivity contribution in [2.24, 2.45) is 0 Å². The molecular formula is C19H15F3OS. The third kappa shape index (κ3) is 2.37. The molecule has 2 aromatic rings. The number of carbonyl (C=O) groups excluding carboxylic acids is 1. The monoisotopic (exact) mass is 348 g/mol. The highest BCUT2D eigenvalue weighted by molar-refractivity contribution is 7.99. The molecule has 1 fully saturated rings. The van der Waals surface area contributed by atoms with Gasteiger partial charge in [0.2, 0.25) is 0 Å². The molecule has 0 bridgehead atoms. The van der Waals surface area contributed by atoms with Gasteiger partial charge in [0.15, 0.2) is 0 Å². The molecule has 0 aromatic heterocycles. The lowest BCUT2D eigenvalue weighted by atomic mass is 9.64. The molecule has 1 aliphatic carbocycles.